The quantitative estimate of drug-likeness (QED) is 0.378. The van der Waals surface area contributed by atoms with Crippen molar-refractivity contribution in [1.82, 2.24) is 29.5 Å². The number of ether oxygens (including phenoxy) is 2. The van der Waals surface area contributed by atoms with E-state index in [0.29, 0.717) is 66.9 Å². The predicted octanol–water partition coefficient (Wildman–Crippen LogP) is 2.11. The van der Waals surface area contributed by atoms with Crippen molar-refractivity contribution in [3.63, 3.8) is 0 Å². The third-order valence-electron chi connectivity index (χ3n) is 5.60. The molecule has 0 saturated carbocycles. The summed E-state index contributed by atoms with van der Waals surface area (Å²) in [6.07, 6.45) is 4.89. The van der Waals surface area contributed by atoms with E-state index in [0.717, 1.165) is 5.56 Å². The van der Waals surface area contributed by atoms with Crippen LogP contribution in [0.3, 0.4) is 0 Å². The number of aromatic nitrogens is 4. The molecular formula is C26H31N7O3. The Balaban J connectivity index is 1.60. The van der Waals surface area contributed by atoms with Gasteiger partial charge in [-0.15, -0.1) is 0 Å². The van der Waals surface area contributed by atoms with Crippen LogP contribution >= 0.6 is 0 Å². The van der Waals surface area contributed by atoms with E-state index in [2.05, 4.69) is 21.8 Å². The highest BCUT2D eigenvalue weighted by Crippen LogP contribution is 2.29. The number of fused-ring (bicyclic) bond motifs is 1. The van der Waals surface area contributed by atoms with Crippen LogP contribution in [0.4, 0.5) is 5.82 Å². The third kappa shape index (κ3) is 5.58. The largest absolute Gasteiger partial charge is 0.494 e. The number of rotatable bonds is 8. The number of likely N-dealkylation sites (N-methyl/N-ethyl adjacent to an activating group) is 1. The Bertz CT molecular complexity index is 1310. The van der Waals surface area contributed by atoms with Crippen LogP contribution in [0.15, 0.2) is 36.7 Å². The van der Waals surface area contributed by atoms with Gasteiger partial charge in [0.25, 0.3) is 0 Å². The molecule has 36 heavy (non-hydrogen) atoms. The molecule has 0 spiro atoms. The maximum atomic E-state index is 12.4. The number of anilines is 1. The molecule has 0 radical (unpaired) electrons. The van der Waals surface area contributed by atoms with E-state index in [4.69, 9.17) is 20.3 Å². The molecule has 1 fully saturated rings. The standard InChI is InChI=1S/C26H31N7O3/c1-5-35-20-12-18(13-21(14-20)36-6-2)9-10-22-24-25(27)28-17-29-26(24)33(30-22)19-15-32(16-19)23(34)8-7-11-31(3)4/h7-8,12-14,17,19H,5-6,11,15-16H2,1-4H3,(H2,27,28,29). The van der Waals surface area contributed by atoms with Gasteiger partial charge in [0.05, 0.1) is 24.6 Å². The highest BCUT2D eigenvalue weighted by molar-refractivity contribution is 5.91. The summed E-state index contributed by atoms with van der Waals surface area (Å²) < 4.78 is 13.1. The van der Waals surface area contributed by atoms with Crippen LogP contribution in [-0.4, -0.2) is 82.4 Å². The minimum atomic E-state index is -0.0191. The van der Waals surface area contributed by atoms with Crippen molar-refractivity contribution in [1.29, 1.82) is 0 Å². The van der Waals surface area contributed by atoms with E-state index in [9.17, 15) is 4.79 Å². The lowest BCUT2D eigenvalue weighted by atomic mass is 10.1. The first-order chi connectivity index (χ1) is 17.4. The molecular weight excluding hydrogens is 458 g/mol. The smallest absolute Gasteiger partial charge is 0.246 e. The van der Waals surface area contributed by atoms with Crippen LogP contribution in [0.2, 0.25) is 0 Å². The Morgan fingerprint density at radius 2 is 1.83 bits per heavy atom. The highest BCUT2D eigenvalue weighted by Gasteiger charge is 2.33. The van der Waals surface area contributed by atoms with Gasteiger partial charge in [0, 0.05) is 37.3 Å². The van der Waals surface area contributed by atoms with E-state index >= 15 is 0 Å². The minimum absolute atomic E-state index is 0.0157. The topological polar surface area (TPSA) is 112 Å². The van der Waals surface area contributed by atoms with Crippen molar-refractivity contribution in [3.05, 3.63) is 47.9 Å². The third-order valence-corrected chi connectivity index (χ3v) is 5.60. The van der Waals surface area contributed by atoms with Crippen molar-refractivity contribution in [2.75, 3.05) is 52.7 Å². The number of amides is 1. The number of likely N-dealkylation sites (tertiary alicyclic amines) is 1. The summed E-state index contributed by atoms with van der Waals surface area (Å²) in [4.78, 5) is 24.7. The maximum absolute atomic E-state index is 12.4. The molecule has 0 unspecified atom stereocenters. The minimum Gasteiger partial charge on any atom is -0.494 e. The van der Waals surface area contributed by atoms with E-state index in [-0.39, 0.29) is 11.9 Å². The Hall–Kier alpha value is -4.10. The second-order valence-electron chi connectivity index (χ2n) is 8.62. The fourth-order valence-corrected chi connectivity index (χ4v) is 3.87. The molecule has 2 aromatic heterocycles. The van der Waals surface area contributed by atoms with Crippen LogP contribution in [-0.2, 0) is 4.79 Å². The van der Waals surface area contributed by atoms with Gasteiger partial charge >= 0.3 is 0 Å². The number of nitrogen functional groups attached to an aromatic ring is 1. The van der Waals surface area contributed by atoms with Crippen LogP contribution < -0.4 is 15.2 Å². The zero-order valence-corrected chi connectivity index (χ0v) is 21.1. The van der Waals surface area contributed by atoms with Gasteiger partial charge in [0.2, 0.25) is 5.91 Å². The SMILES string of the molecule is CCOc1cc(C#Cc2nn(C3CN(C(=O)C=CCN(C)C)C3)c3ncnc(N)c23)cc(OCC)c1. The fourth-order valence-electron chi connectivity index (χ4n) is 3.87. The van der Waals surface area contributed by atoms with E-state index in [1.807, 2.05) is 57.1 Å². The van der Waals surface area contributed by atoms with E-state index < -0.39 is 0 Å². The van der Waals surface area contributed by atoms with Crippen molar-refractivity contribution in [2.24, 2.45) is 0 Å². The number of nitrogens with zero attached hydrogens (tertiary/aromatic N) is 6. The molecule has 3 aromatic rings. The zero-order chi connectivity index (χ0) is 25.7. The molecule has 1 aliphatic heterocycles. The van der Waals surface area contributed by atoms with Crippen LogP contribution in [0.1, 0.15) is 31.1 Å². The van der Waals surface area contributed by atoms with Gasteiger partial charge in [-0.25, -0.2) is 14.6 Å². The second kappa shape index (κ2) is 11.1. The Morgan fingerprint density at radius 3 is 2.47 bits per heavy atom. The molecule has 0 atom stereocenters. The van der Waals surface area contributed by atoms with Gasteiger partial charge in [-0.1, -0.05) is 12.0 Å². The second-order valence-corrected chi connectivity index (χ2v) is 8.62. The average Bonchev–Trinajstić information content (AvgIpc) is 3.16. The van der Waals surface area contributed by atoms with Crippen LogP contribution in [0.5, 0.6) is 11.5 Å². The number of benzene rings is 1. The van der Waals surface area contributed by atoms with Crippen molar-refractivity contribution >= 4 is 22.8 Å². The molecule has 4 rings (SSSR count). The van der Waals surface area contributed by atoms with Crippen molar-refractivity contribution in [3.8, 4) is 23.3 Å². The van der Waals surface area contributed by atoms with Gasteiger partial charge < -0.3 is 25.0 Å². The lowest BCUT2D eigenvalue weighted by Crippen LogP contribution is -2.50. The molecule has 1 aromatic carbocycles. The summed E-state index contributed by atoms with van der Waals surface area (Å²) in [5.74, 6) is 7.95. The summed E-state index contributed by atoms with van der Waals surface area (Å²) >= 11 is 0. The summed E-state index contributed by atoms with van der Waals surface area (Å²) in [5, 5.41) is 5.32. The number of hydrogen-bond donors (Lipinski definition) is 1. The van der Waals surface area contributed by atoms with Crippen LogP contribution in [0, 0.1) is 11.8 Å². The lowest BCUT2D eigenvalue weighted by molar-refractivity contribution is -0.131. The first kappa shape index (κ1) is 25.0. The normalized spacial score (nSPS) is 13.6. The van der Waals surface area contributed by atoms with Crippen LogP contribution in [0.25, 0.3) is 11.0 Å². The Kier molecular flexibility index (Phi) is 7.71. The number of nitrogens with two attached hydrogens (primary N) is 1. The summed E-state index contributed by atoms with van der Waals surface area (Å²) in [5.41, 5.74) is 8.01. The van der Waals surface area contributed by atoms with Crippen molar-refractivity contribution in [2.45, 2.75) is 19.9 Å². The molecule has 10 nitrogen and oxygen atoms in total. The number of carbonyl (C=O) groups is 1. The Labute approximate surface area is 210 Å². The lowest BCUT2D eigenvalue weighted by Gasteiger charge is -2.38. The summed E-state index contributed by atoms with van der Waals surface area (Å²) in [6.45, 7) is 6.71. The molecule has 0 aliphatic carbocycles. The molecule has 2 N–H and O–H groups in total. The fraction of sp³-hybridized carbons (Fsp3) is 0.385. The molecule has 1 amide bonds. The summed E-state index contributed by atoms with van der Waals surface area (Å²) in [6, 6.07) is 5.54. The molecule has 0 bridgehead atoms. The first-order valence-corrected chi connectivity index (χ1v) is 11.9. The molecule has 1 aliphatic rings. The maximum Gasteiger partial charge on any atom is 0.246 e. The molecule has 188 valence electrons. The van der Waals surface area contributed by atoms with Gasteiger partial charge in [-0.2, -0.15) is 5.10 Å². The van der Waals surface area contributed by atoms with Gasteiger partial charge in [-0.05, 0) is 46.0 Å². The van der Waals surface area contributed by atoms with Gasteiger partial charge in [-0.3, -0.25) is 4.79 Å². The van der Waals surface area contributed by atoms with E-state index in [1.54, 1.807) is 15.7 Å². The first-order valence-electron chi connectivity index (χ1n) is 11.9. The Morgan fingerprint density at radius 1 is 1.14 bits per heavy atom. The monoisotopic (exact) mass is 489 g/mol. The predicted molar refractivity (Wildman–Crippen MR) is 138 cm³/mol. The molecule has 10 heteroatoms. The molecule has 3 heterocycles. The number of carbonyl (C=O) groups excluding carboxylic acids is 1. The average molecular weight is 490 g/mol. The number of hydrogen-bond acceptors (Lipinski definition) is 8. The van der Waals surface area contributed by atoms with Gasteiger partial charge in [0.15, 0.2) is 5.65 Å². The summed E-state index contributed by atoms with van der Waals surface area (Å²) in [7, 11) is 3.91. The van der Waals surface area contributed by atoms with Crippen molar-refractivity contribution < 1.29 is 14.3 Å². The molecule has 1 saturated heterocycles. The van der Waals surface area contributed by atoms with Gasteiger partial charge in [0.1, 0.15) is 29.3 Å². The van der Waals surface area contributed by atoms with E-state index in [1.165, 1.54) is 6.33 Å². The highest BCUT2D eigenvalue weighted by atomic mass is 16.5. The zero-order valence-electron chi connectivity index (χ0n) is 21.1.